The van der Waals surface area contributed by atoms with Gasteiger partial charge in [-0.1, -0.05) is 181 Å². The molecule has 0 radical (unpaired) electrons. The molecule has 2 nitrogen and oxygen atoms in total. The van der Waals surface area contributed by atoms with Gasteiger partial charge in [-0.25, -0.2) is 0 Å². The van der Waals surface area contributed by atoms with E-state index in [1.807, 2.05) is 0 Å². The highest BCUT2D eigenvalue weighted by Crippen LogP contribution is 2.62. The van der Waals surface area contributed by atoms with Crippen LogP contribution in [-0.2, 0) is 32.5 Å². The van der Waals surface area contributed by atoms with E-state index in [2.05, 4.69) is 233 Å². The summed E-state index contributed by atoms with van der Waals surface area (Å²) >= 11 is 0. The Morgan fingerprint density at radius 3 is 1.58 bits per heavy atom. The Balaban J connectivity index is 1.20. The van der Waals surface area contributed by atoms with Gasteiger partial charge in [-0.3, -0.25) is 0 Å². The quantitative estimate of drug-likeness (QED) is 0.149. The van der Waals surface area contributed by atoms with Crippen LogP contribution in [0.5, 0.6) is 0 Å². The molecule has 354 valence electrons. The number of rotatable bonds is 1. The molecular formula is C69H65BN2. The van der Waals surface area contributed by atoms with Crippen LogP contribution in [-0.4, -0.2) is 11.4 Å². The van der Waals surface area contributed by atoms with E-state index in [9.17, 15) is 0 Å². The van der Waals surface area contributed by atoms with Crippen molar-refractivity contribution in [3.05, 3.63) is 184 Å². The number of hydrogen-bond acceptors (Lipinski definition) is 1. The Labute approximate surface area is 427 Å². The summed E-state index contributed by atoms with van der Waals surface area (Å²) in [6, 6.07) is 53.6. The Bertz CT molecular complexity index is 3990. The van der Waals surface area contributed by atoms with Gasteiger partial charge in [0.25, 0.3) is 0 Å². The molecule has 9 aromatic rings. The monoisotopic (exact) mass is 933 g/mol. The average Bonchev–Trinajstić information content (AvgIpc) is 3.97. The molecule has 15 rings (SSSR count). The number of nitrogens with zero attached hydrogens (tertiary/aromatic N) is 2. The molecule has 6 aliphatic rings. The molecule has 0 spiro atoms. The first kappa shape index (κ1) is 43.0. The third-order valence-electron chi connectivity index (χ3n) is 19.7. The summed E-state index contributed by atoms with van der Waals surface area (Å²) in [4.78, 5) is 2.80. The Kier molecular flexibility index (Phi) is 7.86. The van der Waals surface area contributed by atoms with Crippen LogP contribution in [0.15, 0.2) is 133 Å². The van der Waals surface area contributed by atoms with Crippen LogP contribution in [0, 0.1) is 0 Å². The van der Waals surface area contributed by atoms with E-state index >= 15 is 0 Å². The lowest BCUT2D eigenvalue weighted by Gasteiger charge is -2.44. The molecule has 0 unspecified atom stereocenters. The normalized spacial score (nSPS) is 18.7. The zero-order chi connectivity index (χ0) is 49.7. The van der Waals surface area contributed by atoms with Crippen LogP contribution in [0.4, 0.5) is 11.4 Å². The summed E-state index contributed by atoms with van der Waals surface area (Å²) in [5.74, 6) is 0. The fourth-order valence-corrected chi connectivity index (χ4v) is 15.7. The number of hydrogen-bond donors (Lipinski definition) is 0. The van der Waals surface area contributed by atoms with Crippen molar-refractivity contribution in [1.82, 2.24) is 4.57 Å². The standard InChI is InChI=1S/C69H65BN2/c1-64(2,3)38-26-28-39(29-27-38)72-56-35-50-43(40-20-14-17-23-47(40)67(50,8)9)32-45(56)59-58-42-22-16-19-25-49(42)69(12,13)61(58)60-46-33-52-53(66(6,7)31-30-65(52,4)5)37-55(46)71-57-36-51-44(34-54(57)70(72)62(59)63(60)71)41-21-15-18-24-48(41)68(51,10)11/h14-29,32-37H,30-31H2,1-13H3. The van der Waals surface area contributed by atoms with E-state index in [0.717, 1.165) is 0 Å². The largest absolute Gasteiger partial charge is 0.376 e. The van der Waals surface area contributed by atoms with Gasteiger partial charge in [0.15, 0.2) is 0 Å². The lowest BCUT2D eigenvalue weighted by Crippen LogP contribution is -2.61. The molecular weight excluding hydrogens is 868 g/mol. The van der Waals surface area contributed by atoms with Gasteiger partial charge in [-0.2, -0.15) is 0 Å². The first-order valence-corrected chi connectivity index (χ1v) is 26.9. The molecule has 3 heterocycles. The minimum atomic E-state index is -0.256. The maximum Gasteiger partial charge on any atom is 0.333 e. The van der Waals surface area contributed by atoms with E-state index in [-0.39, 0.29) is 39.3 Å². The smallest absolute Gasteiger partial charge is 0.333 e. The minimum Gasteiger partial charge on any atom is -0.376 e. The van der Waals surface area contributed by atoms with Gasteiger partial charge in [0.1, 0.15) is 0 Å². The van der Waals surface area contributed by atoms with E-state index in [1.54, 1.807) is 0 Å². The second-order valence-electron chi connectivity index (χ2n) is 26.7. The van der Waals surface area contributed by atoms with Gasteiger partial charge >= 0.3 is 6.85 Å². The second-order valence-corrected chi connectivity index (χ2v) is 26.7. The molecule has 3 heteroatoms. The summed E-state index contributed by atoms with van der Waals surface area (Å²) in [7, 11) is 0. The molecule has 8 aromatic carbocycles. The molecule has 0 saturated heterocycles. The van der Waals surface area contributed by atoms with Crippen molar-refractivity contribution < 1.29 is 0 Å². The predicted octanol–water partition coefficient (Wildman–Crippen LogP) is 16.6. The lowest BCUT2D eigenvalue weighted by atomic mass is 9.43. The Morgan fingerprint density at radius 2 is 0.986 bits per heavy atom. The number of fused-ring (bicyclic) bond motifs is 20. The molecule has 1 aromatic heterocycles. The van der Waals surface area contributed by atoms with Crippen molar-refractivity contribution >= 4 is 51.0 Å². The highest BCUT2D eigenvalue weighted by atomic mass is 15.1. The maximum atomic E-state index is 2.81. The van der Waals surface area contributed by atoms with Gasteiger partial charge in [0.05, 0.1) is 11.0 Å². The van der Waals surface area contributed by atoms with Crippen molar-refractivity contribution in [1.29, 1.82) is 0 Å². The van der Waals surface area contributed by atoms with Gasteiger partial charge in [0.2, 0.25) is 0 Å². The average molecular weight is 933 g/mol. The van der Waals surface area contributed by atoms with Gasteiger partial charge in [-0.15, -0.1) is 0 Å². The first-order valence-electron chi connectivity index (χ1n) is 26.9. The van der Waals surface area contributed by atoms with Crippen LogP contribution in [0.3, 0.4) is 0 Å². The maximum absolute atomic E-state index is 2.81. The third-order valence-corrected chi connectivity index (χ3v) is 19.7. The number of aromatic nitrogens is 1. The highest BCUT2D eigenvalue weighted by molar-refractivity contribution is 6.94. The SMILES string of the molecule is CC(C)(C)c1ccc(N2B3c4cc5c(cc4-n4c6cc7c(cc6c6c8c(c(c3c64)-c3cc4c(cc32)C(C)(C)c2ccccc2-4)-c2ccccc2C8(C)C)C(C)(C)CCC7(C)C)C(C)(C)c2ccccc2-5)cc1. The first-order chi connectivity index (χ1) is 34.1. The van der Waals surface area contributed by atoms with Crippen LogP contribution >= 0.6 is 0 Å². The Hall–Kier alpha value is -6.58. The molecule has 0 N–H and O–H groups in total. The lowest BCUT2D eigenvalue weighted by molar-refractivity contribution is 0.332. The molecule has 0 fully saturated rings. The second kappa shape index (κ2) is 13.1. The van der Waals surface area contributed by atoms with E-state index in [0.29, 0.717) is 0 Å². The highest BCUT2D eigenvalue weighted by Gasteiger charge is 2.52. The molecule has 0 bridgehead atoms. The van der Waals surface area contributed by atoms with Crippen molar-refractivity contribution in [2.24, 2.45) is 0 Å². The number of benzene rings is 8. The zero-order valence-corrected chi connectivity index (χ0v) is 44.6. The van der Waals surface area contributed by atoms with Gasteiger partial charge in [0, 0.05) is 49.6 Å². The van der Waals surface area contributed by atoms with E-state index < -0.39 is 0 Å². The molecule has 0 saturated carbocycles. The predicted molar refractivity (Wildman–Crippen MR) is 306 cm³/mol. The van der Waals surface area contributed by atoms with Crippen molar-refractivity contribution in [2.75, 3.05) is 4.81 Å². The Morgan fingerprint density at radius 1 is 0.458 bits per heavy atom. The fourth-order valence-electron chi connectivity index (χ4n) is 15.7. The molecule has 0 atom stereocenters. The summed E-state index contributed by atoms with van der Waals surface area (Å²) in [5.41, 5.74) is 33.0. The zero-order valence-electron chi connectivity index (χ0n) is 44.6. The summed E-state index contributed by atoms with van der Waals surface area (Å²) in [6.07, 6.45) is 2.35. The van der Waals surface area contributed by atoms with Crippen LogP contribution in [0.1, 0.15) is 153 Å². The van der Waals surface area contributed by atoms with Crippen molar-refractivity contribution in [3.8, 4) is 50.2 Å². The van der Waals surface area contributed by atoms with Gasteiger partial charge in [-0.05, 0) is 171 Å². The number of anilines is 2. The molecule has 4 aliphatic carbocycles. The third kappa shape index (κ3) is 5.04. The van der Waals surface area contributed by atoms with Gasteiger partial charge < -0.3 is 9.38 Å². The van der Waals surface area contributed by atoms with Crippen LogP contribution in [0.25, 0.3) is 72.0 Å². The minimum absolute atomic E-state index is 0.0237. The summed E-state index contributed by atoms with van der Waals surface area (Å²) < 4.78 is 2.81. The van der Waals surface area contributed by atoms with Crippen molar-refractivity contribution in [2.45, 2.75) is 135 Å². The van der Waals surface area contributed by atoms with Crippen LogP contribution < -0.4 is 15.7 Å². The molecule has 72 heavy (non-hydrogen) atoms. The molecule has 0 amide bonds. The molecule has 2 aliphatic heterocycles. The van der Waals surface area contributed by atoms with E-state index in [4.69, 9.17) is 0 Å². The summed E-state index contributed by atoms with van der Waals surface area (Å²) in [6.45, 7) is 31.8. The van der Waals surface area contributed by atoms with Crippen LogP contribution in [0.2, 0.25) is 0 Å². The summed E-state index contributed by atoms with van der Waals surface area (Å²) in [5, 5.41) is 2.85. The van der Waals surface area contributed by atoms with Crippen molar-refractivity contribution in [3.63, 3.8) is 0 Å². The topological polar surface area (TPSA) is 8.17 Å². The fraction of sp³-hybridized carbons (Fsp3) is 0.304. The van der Waals surface area contributed by atoms with E-state index in [1.165, 1.54) is 157 Å².